The van der Waals surface area contributed by atoms with Gasteiger partial charge in [0.05, 0.1) is 16.6 Å². The van der Waals surface area contributed by atoms with E-state index in [-0.39, 0.29) is 16.3 Å². The molecule has 32 heavy (non-hydrogen) atoms. The molecule has 0 N–H and O–H groups in total. The van der Waals surface area contributed by atoms with Crippen molar-refractivity contribution in [2.24, 2.45) is 0 Å². The first-order chi connectivity index (χ1) is 15.2. The molecule has 0 spiro atoms. The number of hydrogen-bond acceptors (Lipinski definition) is 3. The molecule has 0 fully saturated rings. The summed E-state index contributed by atoms with van der Waals surface area (Å²) in [6.45, 7) is 7.28. The largest absolute Gasteiger partial charge is 0.295 e. The zero-order valence-electron chi connectivity index (χ0n) is 17.7. The molecule has 1 aliphatic heterocycles. The van der Waals surface area contributed by atoms with Crippen LogP contribution < -0.4 is 0 Å². The highest BCUT2D eigenvalue weighted by molar-refractivity contribution is 7.89. The summed E-state index contributed by atoms with van der Waals surface area (Å²) < 4.78 is 29.3. The Morgan fingerprint density at radius 1 is 1.00 bits per heavy atom. The van der Waals surface area contributed by atoms with Crippen LogP contribution >= 0.6 is 11.6 Å². The number of rotatable bonds is 5. The molecule has 6 heteroatoms. The predicted molar refractivity (Wildman–Crippen MR) is 129 cm³/mol. The maximum atomic E-state index is 14.0. The van der Waals surface area contributed by atoms with Gasteiger partial charge in [0, 0.05) is 10.6 Å². The molecule has 0 unspecified atom stereocenters. The van der Waals surface area contributed by atoms with E-state index in [1.165, 1.54) is 11.2 Å². The molecule has 1 heterocycles. The Balaban J connectivity index is 2.04. The number of nitrogens with zero attached hydrogens (tertiary/aromatic N) is 1. The molecule has 0 aromatic heterocycles. The van der Waals surface area contributed by atoms with E-state index in [9.17, 15) is 13.2 Å². The Hall–Kier alpha value is -3.15. The van der Waals surface area contributed by atoms with Crippen molar-refractivity contribution in [3.05, 3.63) is 112 Å². The van der Waals surface area contributed by atoms with Crippen LogP contribution in [0.4, 0.5) is 0 Å². The molecule has 0 amide bonds. The van der Waals surface area contributed by atoms with E-state index in [4.69, 9.17) is 11.6 Å². The van der Waals surface area contributed by atoms with Gasteiger partial charge in [-0.15, -0.1) is 0 Å². The number of hydrogen-bond donors (Lipinski definition) is 0. The highest BCUT2D eigenvalue weighted by atomic mass is 35.5. The fourth-order valence-electron chi connectivity index (χ4n) is 3.83. The number of halogens is 1. The summed E-state index contributed by atoms with van der Waals surface area (Å²) in [5.74, 6) is -0.283. The van der Waals surface area contributed by atoms with Gasteiger partial charge in [0.1, 0.15) is 0 Å². The quantitative estimate of drug-likeness (QED) is 0.433. The number of sulfonamides is 1. The second kappa shape index (κ2) is 8.41. The molecule has 3 aromatic carbocycles. The zero-order chi connectivity index (χ0) is 23.0. The predicted octanol–water partition coefficient (Wildman–Crippen LogP) is 6.04. The molecule has 162 valence electrons. The Bertz CT molecular complexity index is 1340. The highest BCUT2D eigenvalue weighted by Gasteiger charge is 2.40. The van der Waals surface area contributed by atoms with E-state index in [0.717, 1.165) is 11.1 Å². The first-order valence-corrected chi connectivity index (χ1v) is 11.9. The molecule has 4 rings (SSSR count). The van der Waals surface area contributed by atoms with Crippen molar-refractivity contribution in [1.29, 1.82) is 0 Å². The lowest BCUT2D eigenvalue weighted by atomic mass is 9.88. The molecule has 1 atom stereocenters. The third-order valence-electron chi connectivity index (χ3n) is 5.54. The highest BCUT2D eigenvalue weighted by Crippen LogP contribution is 2.45. The Kier molecular flexibility index (Phi) is 5.80. The third-order valence-corrected chi connectivity index (χ3v) is 7.57. The third kappa shape index (κ3) is 3.90. The lowest BCUT2D eigenvalue weighted by molar-refractivity contribution is -0.114. The van der Waals surface area contributed by atoms with E-state index in [1.54, 1.807) is 48.5 Å². The van der Waals surface area contributed by atoms with Crippen LogP contribution in [-0.4, -0.2) is 18.5 Å². The van der Waals surface area contributed by atoms with Gasteiger partial charge in [0.15, 0.2) is 5.78 Å². The summed E-state index contributed by atoms with van der Waals surface area (Å²) in [6.07, 6.45) is 1.80. The van der Waals surface area contributed by atoms with E-state index < -0.39 is 16.1 Å². The number of carbonyl (C=O) groups excluding carboxylic acids is 1. The number of aryl methyl sites for hydroxylation is 1. The van der Waals surface area contributed by atoms with E-state index in [1.807, 2.05) is 37.3 Å². The molecule has 0 saturated carbocycles. The molecule has 1 aliphatic rings. The first kappa shape index (κ1) is 22.1. The van der Waals surface area contributed by atoms with Crippen LogP contribution in [0.25, 0.3) is 11.8 Å². The second-order valence-corrected chi connectivity index (χ2v) is 10.0. The lowest BCUT2D eigenvalue weighted by Crippen LogP contribution is -2.37. The first-order valence-electron chi connectivity index (χ1n) is 10.1. The van der Waals surface area contributed by atoms with E-state index >= 15 is 0 Å². The van der Waals surface area contributed by atoms with Gasteiger partial charge in [-0.2, -0.15) is 0 Å². The van der Waals surface area contributed by atoms with Crippen LogP contribution in [0.1, 0.15) is 35.2 Å². The summed E-state index contributed by atoms with van der Waals surface area (Å²) in [7, 11) is -4.04. The molecule has 0 saturated heterocycles. The average Bonchev–Trinajstić information content (AvgIpc) is 2.78. The minimum absolute atomic E-state index is 0.142. The maximum Gasteiger partial charge on any atom is 0.265 e. The lowest BCUT2D eigenvalue weighted by Gasteiger charge is -2.39. The Morgan fingerprint density at radius 2 is 1.66 bits per heavy atom. The summed E-state index contributed by atoms with van der Waals surface area (Å²) in [6, 6.07) is 20.2. The van der Waals surface area contributed by atoms with Crippen LogP contribution in [0.2, 0.25) is 5.02 Å². The minimum Gasteiger partial charge on any atom is -0.295 e. The molecular formula is C26H22ClNO3S. The zero-order valence-corrected chi connectivity index (χ0v) is 19.3. The molecule has 0 radical (unpaired) electrons. The van der Waals surface area contributed by atoms with Gasteiger partial charge in [-0.1, -0.05) is 72.3 Å². The Labute approximate surface area is 193 Å². The van der Waals surface area contributed by atoms with Gasteiger partial charge < -0.3 is 0 Å². The van der Waals surface area contributed by atoms with Crippen molar-refractivity contribution in [2.45, 2.75) is 24.8 Å². The SMILES string of the molecule is C=C(C(C)=O)[C@@H]1c2ccc(Cl)cc2C=C(c2ccccc2)N1S(=O)(=O)c1ccc(C)cc1. The van der Waals surface area contributed by atoms with Gasteiger partial charge >= 0.3 is 0 Å². The summed E-state index contributed by atoms with van der Waals surface area (Å²) in [4.78, 5) is 12.6. The number of ketones is 1. The number of fused-ring (bicyclic) bond motifs is 1. The van der Waals surface area contributed by atoms with Gasteiger partial charge in [0.2, 0.25) is 0 Å². The van der Waals surface area contributed by atoms with Crippen LogP contribution in [0, 0.1) is 6.92 Å². The standard InChI is InChI=1S/C26H22ClNO3S/c1-17-9-12-23(13-10-17)32(30,31)28-25(20-7-5-4-6-8-20)16-21-15-22(27)11-14-24(21)26(28)18(2)19(3)29/h4-16,26H,2H2,1,3H3/t26-/m1/s1. The molecular weight excluding hydrogens is 442 g/mol. The smallest absolute Gasteiger partial charge is 0.265 e. The van der Waals surface area contributed by atoms with Crippen molar-refractivity contribution in [1.82, 2.24) is 4.31 Å². The van der Waals surface area contributed by atoms with Crippen molar-refractivity contribution in [2.75, 3.05) is 0 Å². The summed E-state index contributed by atoms with van der Waals surface area (Å²) in [5.41, 5.74) is 3.70. The van der Waals surface area contributed by atoms with Gasteiger partial charge in [-0.25, -0.2) is 8.42 Å². The molecule has 0 aliphatic carbocycles. The molecule has 4 nitrogen and oxygen atoms in total. The normalized spacial score (nSPS) is 15.7. The van der Waals surface area contributed by atoms with Crippen LogP contribution in [-0.2, 0) is 14.8 Å². The van der Waals surface area contributed by atoms with E-state index in [2.05, 4.69) is 6.58 Å². The van der Waals surface area contributed by atoms with Gasteiger partial charge in [-0.05, 0) is 60.9 Å². The van der Waals surface area contributed by atoms with Crippen LogP contribution in [0.5, 0.6) is 0 Å². The average molecular weight is 464 g/mol. The van der Waals surface area contributed by atoms with Crippen molar-refractivity contribution >= 4 is 39.2 Å². The fourth-order valence-corrected chi connectivity index (χ4v) is 5.65. The van der Waals surface area contributed by atoms with Crippen LogP contribution in [0.15, 0.2) is 89.8 Å². The van der Waals surface area contributed by atoms with Crippen LogP contribution in [0.3, 0.4) is 0 Å². The summed E-state index contributed by atoms with van der Waals surface area (Å²) in [5, 5.41) is 0.523. The van der Waals surface area contributed by atoms with Crippen molar-refractivity contribution < 1.29 is 13.2 Å². The maximum absolute atomic E-state index is 14.0. The number of benzene rings is 3. The number of Topliss-reactive ketones (excluding diaryl/α,β-unsaturated/α-hetero) is 1. The van der Waals surface area contributed by atoms with Gasteiger partial charge in [-0.3, -0.25) is 9.10 Å². The second-order valence-electron chi connectivity index (χ2n) is 7.77. The topological polar surface area (TPSA) is 54.5 Å². The molecule has 3 aromatic rings. The monoisotopic (exact) mass is 463 g/mol. The van der Waals surface area contributed by atoms with Crippen molar-refractivity contribution in [3.8, 4) is 0 Å². The fraction of sp³-hybridized carbons (Fsp3) is 0.115. The molecule has 0 bridgehead atoms. The minimum atomic E-state index is -4.04. The summed E-state index contributed by atoms with van der Waals surface area (Å²) >= 11 is 6.25. The van der Waals surface area contributed by atoms with E-state index in [0.29, 0.717) is 21.8 Å². The number of carbonyl (C=O) groups is 1. The van der Waals surface area contributed by atoms with Crippen molar-refractivity contribution in [3.63, 3.8) is 0 Å². The Morgan fingerprint density at radius 3 is 2.28 bits per heavy atom. The van der Waals surface area contributed by atoms with Gasteiger partial charge in [0.25, 0.3) is 10.0 Å².